The Morgan fingerprint density at radius 1 is 1.12 bits per heavy atom. The molecular weight excluding hydrogens is 408 g/mol. The third-order valence-electron chi connectivity index (χ3n) is 5.90. The summed E-state index contributed by atoms with van der Waals surface area (Å²) in [6.07, 6.45) is 2.47. The van der Waals surface area contributed by atoms with Crippen LogP contribution in [-0.4, -0.2) is 23.3 Å². The van der Waals surface area contributed by atoms with Gasteiger partial charge in [0.1, 0.15) is 0 Å². The first-order valence-electron chi connectivity index (χ1n) is 10.6. The van der Waals surface area contributed by atoms with Gasteiger partial charge in [-0.3, -0.25) is 14.9 Å². The summed E-state index contributed by atoms with van der Waals surface area (Å²) < 4.78 is 5.61. The number of nitro groups is 1. The van der Waals surface area contributed by atoms with Crippen LogP contribution < -0.4 is 5.32 Å². The number of nitrogens with one attached hydrogen (secondary N) is 1. The van der Waals surface area contributed by atoms with Crippen LogP contribution in [0.1, 0.15) is 43.2 Å². The van der Waals surface area contributed by atoms with Gasteiger partial charge in [0, 0.05) is 47.9 Å². The lowest BCUT2D eigenvalue weighted by Crippen LogP contribution is -2.34. The van der Waals surface area contributed by atoms with Crippen molar-refractivity contribution in [3.05, 3.63) is 98.4 Å². The maximum Gasteiger partial charge on any atom is 0.336 e. The third kappa shape index (κ3) is 4.32. The highest BCUT2D eigenvalue weighted by molar-refractivity contribution is 6.03. The number of allylic oxidation sites excluding steroid dienone is 3. The average Bonchev–Trinajstić information content (AvgIpc) is 2.79. The van der Waals surface area contributed by atoms with E-state index in [1.165, 1.54) is 12.1 Å². The Labute approximate surface area is 185 Å². The summed E-state index contributed by atoms with van der Waals surface area (Å²) in [5.41, 5.74) is 4.09. The molecule has 0 saturated carbocycles. The van der Waals surface area contributed by atoms with E-state index < -0.39 is 16.8 Å². The molecule has 7 nitrogen and oxygen atoms in total. The number of rotatable bonds is 6. The number of benzene rings is 2. The average molecular weight is 432 g/mol. The number of carbonyl (C=O) groups is 2. The molecule has 0 amide bonds. The molecule has 32 heavy (non-hydrogen) atoms. The fourth-order valence-electron chi connectivity index (χ4n) is 4.36. The number of Topliss-reactive ketones (excluding diaryl/α,β-unsaturated/α-hetero) is 1. The first-order valence-corrected chi connectivity index (χ1v) is 10.6. The Bertz CT molecular complexity index is 1120. The summed E-state index contributed by atoms with van der Waals surface area (Å²) in [5, 5.41) is 14.3. The molecule has 0 radical (unpaired) electrons. The van der Waals surface area contributed by atoms with E-state index >= 15 is 0 Å². The maximum atomic E-state index is 13.2. The molecule has 4 rings (SSSR count). The minimum Gasteiger partial charge on any atom is -0.462 e. The molecule has 0 spiro atoms. The van der Waals surface area contributed by atoms with Gasteiger partial charge >= 0.3 is 5.97 Å². The van der Waals surface area contributed by atoms with Crippen LogP contribution in [0.25, 0.3) is 0 Å². The van der Waals surface area contributed by atoms with Gasteiger partial charge in [0.25, 0.3) is 5.69 Å². The summed E-state index contributed by atoms with van der Waals surface area (Å²) in [5.74, 6) is -1.10. The van der Waals surface area contributed by atoms with Gasteiger partial charge in [-0.2, -0.15) is 0 Å². The van der Waals surface area contributed by atoms with E-state index in [1.807, 2.05) is 30.3 Å². The molecule has 2 aliphatic rings. The molecule has 0 bridgehead atoms. The topological polar surface area (TPSA) is 98.5 Å². The van der Waals surface area contributed by atoms with Gasteiger partial charge < -0.3 is 10.1 Å². The number of non-ortho nitro benzene ring substituents is 1. The standard InChI is InChI=1S/C25H24N2O5/c1-16-22(25(29)32-15-14-17-6-3-2-4-7-17)23(18-10-12-19(13-11-18)27(30)31)24-20(26-16)8-5-9-21(24)28/h2-4,6-7,10-13,23,26H,5,8-9,14-15H2,1H3/t23-/m1/s1. The van der Waals surface area contributed by atoms with E-state index in [1.54, 1.807) is 19.1 Å². The van der Waals surface area contributed by atoms with E-state index in [4.69, 9.17) is 4.74 Å². The van der Waals surface area contributed by atoms with Crippen molar-refractivity contribution >= 4 is 17.4 Å². The van der Waals surface area contributed by atoms with E-state index in [0.717, 1.165) is 24.1 Å². The molecule has 0 saturated heterocycles. The summed E-state index contributed by atoms with van der Waals surface area (Å²) in [6, 6.07) is 15.8. The second-order valence-electron chi connectivity index (χ2n) is 7.99. The van der Waals surface area contributed by atoms with Crippen molar-refractivity contribution in [2.24, 2.45) is 0 Å². The Morgan fingerprint density at radius 2 is 1.84 bits per heavy atom. The fourth-order valence-corrected chi connectivity index (χ4v) is 4.36. The molecule has 2 aromatic rings. The minimum absolute atomic E-state index is 0.0100. The van der Waals surface area contributed by atoms with Crippen molar-refractivity contribution in [2.75, 3.05) is 6.61 Å². The van der Waals surface area contributed by atoms with Gasteiger partial charge in [0.05, 0.1) is 17.1 Å². The van der Waals surface area contributed by atoms with Crippen LogP contribution in [0.5, 0.6) is 0 Å². The second-order valence-corrected chi connectivity index (χ2v) is 7.99. The second kappa shape index (κ2) is 9.18. The van der Waals surface area contributed by atoms with Crippen LogP contribution in [0.3, 0.4) is 0 Å². The highest BCUT2D eigenvalue weighted by Gasteiger charge is 2.39. The molecule has 7 heteroatoms. The minimum atomic E-state index is -0.607. The molecule has 164 valence electrons. The van der Waals surface area contributed by atoms with Gasteiger partial charge in [0.2, 0.25) is 0 Å². The first kappa shape index (κ1) is 21.5. The molecule has 0 aromatic heterocycles. The van der Waals surface area contributed by atoms with E-state index in [0.29, 0.717) is 35.2 Å². The van der Waals surface area contributed by atoms with Crippen molar-refractivity contribution in [2.45, 2.75) is 38.5 Å². The Morgan fingerprint density at radius 3 is 2.53 bits per heavy atom. The van der Waals surface area contributed by atoms with Crippen LogP contribution >= 0.6 is 0 Å². The normalized spacial score (nSPS) is 18.2. The summed E-state index contributed by atoms with van der Waals surface area (Å²) in [4.78, 5) is 36.7. The number of dihydropyridines is 1. The van der Waals surface area contributed by atoms with Gasteiger partial charge in [-0.05, 0) is 30.9 Å². The Kier molecular flexibility index (Phi) is 6.16. The number of esters is 1. The predicted octanol–water partition coefficient (Wildman–Crippen LogP) is 4.35. The maximum absolute atomic E-state index is 13.2. The number of nitro benzene ring substituents is 1. The first-order chi connectivity index (χ1) is 15.5. The van der Waals surface area contributed by atoms with E-state index in [9.17, 15) is 19.7 Å². The smallest absolute Gasteiger partial charge is 0.336 e. The Balaban J connectivity index is 1.64. The largest absolute Gasteiger partial charge is 0.462 e. The quantitative estimate of drug-likeness (QED) is 0.414. The molecule has 0 unspecified atom stereocenters. The highest BCUT2D eigenvalue weighted by Crippen LogP contribution is 2.42. The Hall–Kier alpha value is -3.74. The zero-order chi connectivity index (χ0) is 22.7. The predicted molar refractivity (Wildman–Crippen MR) is 119 cm³/mol. The molecule has 1 heterocycles. The monoisotopic (exact) mass is 432 g/mol. The number of nitrogens with zero attached hydrogens (tertiary/aromatic N) is 1. The number of ether oxygens (including phenoxy) is 1. The molecule has 2 aromatic carbocycles. The van der Waals surface area contributed by atoms with Gasteiger partial charge in [0.15, 0.2) is 5.78 Å². The summed E-state index contributed by atoms with van der Waals surface area (Å²) in [6.45, 7) is 2.02. The zero-order valence-electron chi connectivity index (χ0n) is 17.8. The molecule has 0 fully saturated rings. The lowest BCUT2D eigenvalue weighted by atomic mass is 9.75. The van der Waals surface area contributed by atoms with Gasteiger partial charge in [-0.25, -0.2) is 4.79 Å². The van der Waals surface area contributed by atoms with Crippen LogP contribution in [0.2, 0.25) is 0 Å². The highest BCUT2D eigenvalue weighted by atomic mass is 16.6. The van der Waals surface area contributed by atoms with Crippen LogP contribution in [-0.2, 0) is 20.7 Å². The number of hydrogen-bond donors (Lipinski definition) is 1. The van der Waals surface area contributed by atoms with Crippen molar-refractivity contribution in [1.29, 1.82) is 0 Å². The molecule has 1 aliphatic carbocycles. The van der Waals surface area contributed by atoms with Crippen molar-refractivity contribution in [3.8, 4) is 0 Å². The number of hydrogen-bond acceptors (Lipinski definition) is 6. The van der Waals surface area contributed by atoms with Crippen LogP contribution in [0.15, 0.2) is 77.1 Å². The number of carbonyl (C=O) groups excluding carboxylic acids is 2. The summed E-state index contributed by atoms with van der Waals surface area (Å²) in [7, 11) is 0. The van der Waals surface area contributed by atoms with Gasteiger partial charge in [-0.15, -0.1) is 0 Å². The van der Waals surface area contributed by atoms with Crippen molar-refractivity contribution in [1.82, 2.24) is 5.32 Å². The van der Waals surface area contributed by atoms with Crippen LogP contribution in [0, 0.1) is 10.1 Å². The molecular formula is C25H24N2O5. The van der Waals surface area contributed by atoms with Crippen molar-refractivity contribution in [3.63, 3.8) is 0 Å². The van der Waals surface area contributed by atoms with Crippen LogP contribution in [0.4, 0.5) is 5.69 Å². The fraction of sp³-hybridized carbons (Fsp3) is 0.280. The van der Waals surface area contributed by atoms with E-state index in [2.05, 4.69) is 5.32 Å². The lowest BCUT2D eigenvalue weighted by molar-refractivity contribution is -0.384. The lowest BCUT2D eigenvalue weighted by Gasteiger charge is -2.34. The summed E-state index contributed by atoms with van der Waals surface area (Å²) >= 11 is 0. The zero-order valence-corrected chi connectivity index (χ0v) is 17.8. The van der Waals surface area contributed by atoms with Gasteiger partial charge in [-0.1, -0.05) is 42.5 Å². The molecule has 1 aliphatic heterocycles. The van der Waals surface area contributed by atoms with E-state index in [-0.39, 0.29) is 18.1 Å². The van der Waals surface area contributed by atoms with Crippen molar-refractivity contribution < 1.29 is 19.2 Å². The molecule has 1 N–H and O–H groups in total. The molecule has 1 atom stereocenters. The third-order valence-corrected chi connectivity index (χ3v) is 5.90. The number of ketones is 1. The SMILES string of the molecule is CC1=C(C(=O)OCCc2ccccc2)[C@@H](c2ccc([N+](=O)[O-])cc2)C2=C(CCCC2=O)N1.